The number of hydrogen-bond acceptors (Lipinski definition) is 5. The van der Waals surface area contributed by atoms with E-state index in [1.165, 1.54) is 18.4 Å². The Morgan fingerprint density at radius 3 is 2.75 bits per heavy atom. The van der Waals surface area contributed by atoms with E-state index < -0.39 is 0 Å². The first kappa shape index (κ1) is 17.9. The molecule has 6 heteroatoms. The molecule has 3 heterocycles. The molecule has 6 nitrogen and oxygen atoms in total. The molecule has 24 heavy (non-hydrogen) atoms. The van der Waals surface area contributed by atoms with Crippen LogP contribution in [0.15, 0.2) is 12.4 Å². The first-order valence-electron chi connectivity index (χ1n) is 9.25. The summed E-state index contributed by atoms with van der Waals surface area (Å²) in [5, 5.41) is 14.2. The van der Waals surface area contributed by atoms with E-state index in [1.807, 2.05) is 10.9 Å². The third-order valence-electron chi connectivity index (χ3n) is 5.98. The highest BCUT2D eigenvalue weighted by Gasteiger charge is 2.47. The summed E-state index contributed by atoms with van der Waals surface area (Å²) in [6.07, 6.45) is 6.52. The van der Waals surface area contributed by atoms with E-state index in [-0.39, 0.29) is 0 Å². The van der Waals surface area contributed by atoms with Crippen LogP contribution in [-0.2, 0) is 17.8 Å². The van der Waals surface area contributed by atoms with E-state index in [1.54, 1.807) is 7.11 Å². The van der Waals surface area contributed by atoms with Gasteiger partial charge in [-0.3, -0.25) is 9.58 Å². The smallest absolute Gasteiger partial charge is 0.0589 e. The zero-order valence-electron chi connectivity index (χ0n) is 15.2. The van der Waals surface area contributed by atoms with Gasteiger partial charge in [0.2, 0.25) is 0 Å². The fourth-order valence-corrected chi connectivity index (χ4v) is 4.43. The van der Waals surface area contributed by atoms with Crippen molar-refractivity contribution >= 4 is 0 Å². The topological polar surface area (TPSA) is 53.8 Å². The molecule has 0 amide bonds. The number of piperidine rings is 1. The maximum Gasteiger partial charge on any atom is 0.0589 e. The van der Waals surface area contributed by atoms with Gasteiger partial charge in [-0.15, -0.1) is 0 Å². The highest BCUT2D eigenvalue weighted by molar-refractivity contribution is 5.05. The lowest BCUT2D eigenvalue weighted by Crippen LogP contribution is -2.44. The summed E-state index contributed by atoms with van der Waals surface area (Å²) >= 11 is 0. The number of aliphatic hydroxyl groups excluding tert-OH is 1. The summed E-state index contributed by atoms with van der Waals surface area (Å²) in [5.41, 5.74) is 1.60. The maximum atomic E-state index is 9.88. The van der Waals surface area contributed by atoms with Crippen LogP contribution in [-0.4, -0.2) is 77.7 Å². The van der Waals surface area contributed by atoms with E-state index in [0.29, 0.717) is 17.9 Å². The largest absolute Gasteiger partial charge is 0.396 e. The fourth-order valence-electron chi connectivity index (χ4n) is 4.43. The molecule has 3 rings (SSSR count). The second-order valence-corrected chi connectivity index (χ2v) is 7.45. The van der Waals surface area contributed by atoms with Crippen molar-refractivity contribution in [3.8, 4) is 0 Å². The molecule has 0 aliphatic carbocycles. The van der Waals surface area contributed by atoms with E-state index in [0.717, 1.165) is 52.4 Å². The Bertz CT molecular complexity index is 511. The van der Waals surface area contributed by atoms with Crippen LogP contribution in [0.5, 0.6) is 0 Å². The minimum absolute atomic E-state index is 0.298. The summed E-state index contributed by atoms with van der Waals surface area (Å²) in [4.78, 5) is 5.01. The van der Waals surface area contributed by atoms with Crippen molar-refractivity contribution in [3.05, 3.63) is 18.0 Å². The predicted molar refractivity (Wildman–Crippen MR) is 93.7 cm³/mol. The third kappa shape index (κ3) is 3.82. The molecule has 1 atom stereocenters. The van der Waals surface area contributed by atoms with Crippen molar-refractivity contribution in [2.75, 3.05) is 53.0 Å². The average molecular weight is 336 g/mol. The Morgan fingerprint density at radius 1 is 1.33 bits per heavy atom. The average Bonchev–Trinajstić information content (AvgIpc) is 3.19. The van der Waals surface area contributed by atoms with Crippen LogP contribution in [0.3, 0.4) is 0 Å². The molecule has 1 spiro atoms. The number of ether oxygens (including phenoxy) is 1. The summed E-state index contributed by atoms with van der Waals surface area (Å²) in [7, 11) is 1.76. The molecule has 1 aromatic heterocycles. The third-order valence-corrected chi connectivity index (χ3v) is 5.98. The fraction of sp³-hybridized carbons (Fsp3) is 0.833. The Balaban J connectivity index is 1.54. The zero-order chi connectivity index (χ0) is 17.0. The number of aryl methyl sites for hydroxylation is 1. The minimum atomic E-state index is 0.298. The molecule has 0 bridgehead atoms. The van der Waals surface area contributed by atoms with Crippen molar-refractivity contribution in [2.45, 2.75) is 32.9 Å². The van der Waals surface area contributed by atoms with Gasteiger partial charge in [0.25, 0.3) is 0 Å². The standard InChI is InChI=1S/C18H32N4O2/c1-3-22-12-16(10-19-22)11-20-6-4-18(5-7-20)15-21(8-9-24-2)13-17(18)14-23/h10,12,17,23H,3-9,11,13-15H2,1-2H3. The molecule has 0 saturated carbocycles. The molecule has 0 radical (unpaired) electrons. The summed E-state index contributed by atoms with van der Waals surface area (Å²) in [5.74, 6) is 0.416. The molecule has 2 aliphatic heterocycles. The Hall–Kier alpha value is -0.950. The number of hydrogen-bond donors (Lipinski definition) is 1. The quantitative estimate of drug-likeness (QED) is 0.807. The number of rotatable bonds is 7. The van der Waals surface area contributed by atoms with E-state index >= 15 is 0 Å². The molecular formula is C18H32N4O2. The number of aromatic nitrogens is 2. The van der Waals surface area contributed by atoms with Gasteiger partial charge >= 0.3 is 0 Å². The van der Waals surface area contributed by atoms with Crippen molar-refractivity contribution in [2.24, 2.45) is 11.3 Å². The Kier molecular flexibility index (Phi) is 5.92. The normalized spacial score (nSPS) is 24.9. The second kappa shape index (κ2) is 7.95. The lowest BCUT2D eigenvalue weighted by molar-refractivity contribution is 0.0477. The summed E-state index contributed by atoms with van der Waals surface area (Å²) < 4.78 is 7.22. The summed E-state index contributed by atoms with van der Waals surface area (Å²) in [6, 6.07) is 0. The molecule has 1 aromatic rings. The molecule has 136 valence electrons. The van der Waals surface area contributed by atoms with Crippen molar-refractivity contribution < 1.29 is 9.84 Å². The van der Waals surface area contributed by atoms with Gasteiger partial charge in [0.15, 0.2) is 0 Å². The molecule has 2 aliphatic rings. The highest BCUT2D eigenvalue weighted by Crippen LogP contribution is 2.44. The monoisotopic (exact) mass is 336 g/mol. The molecule has 1 N–H and O–H groups in total. The van der Waals surface area contributed by atoms with Gasteiger partial charge in [0.1, 0.15) is 0 Å². The number of likely N-dealkylation sites (tertiary alicyclic amines) is 2. The van der Waals surface area contributed by atoms with Gasteiger partial charge in [0, 0.05) is 64.1 Å². The minimum Gasteiger partial charge on any atom is -0.396 e. The maximum absolute atomic E-state index is 9.88. The van der Waals surface area contributed by atoms with Crippen LogP contribution in [0.25, 0.3) is 0 Å². The van der Waals surface area contributed by atoms with Gasteiger partial charge < -0.3 is 14.7 Å². The van der Waals surface area contributed by atoms with Gasteiger partial charge in [0.05, 0.1) is 12.8 Å². The van der Waals surface area contributed by atoms with Crippen LogP contribution in [0.4, 0.5) is 0 Å². The highest BCUT2D eigenvalue weighted by atomic mass is 16.5. The predicted octanol–water partition coefficient (Wildman–Crippen LogP) is 1.06. The molecule has 2 fully saturated rings. The van der Waals surface area contributed by atoms with Crippen molar-refractivity contribution in [1.82, 2.24) is 19.6 Å². The first-order chi connectivity index (χ1) is 11.7. The SMILES string of the molecule is CCn1cc(CN2CCC3(CC2)CN(CCOC)CC3CO)cn1. The van der Waals surface area contributed by atoms with E-state index in [4.69, 9.17) is 4.74 Å². The summed E-state index contributed by atoms with van der Waals surface area (Å²) in [6.45, 7) is 10.5. The van der Waals surface area contributed by atoms with Crippen molar-refractivity contribution in [1.29, 1.82) is 0 Å². The molecule has 0 aromatic carbocycles. The lowest BCUT2D eigenvalue weighted by Gasteiger charge is -2.42. The van der Waals surface area contributed by atoms with Gasteiger partial charge in [-0.05, 0) is 38.3 Å². The first-order valence-corrected chi connectivity index (χ1v) is 9.25. The van der Waals surface area contributed by atoms with E-state index in [9.17, 15) is 5.11 Å². The van der Waals surface area contributed by atoms with Crippen LogP contribution < -0.4 is 0 Å². The van der Waals surface area contributed by atoms with Crippen molar-refractivity contribution in [3.63, 3.8) is 0 Å². The van der Waals surface area contributed by atoms with Crippen LogP contribution in [0, 0.1) is 11.3 Å². The van der Waals surface area contributed by atoms with Crippen LogP contribution in [0.2, 0.25) is 0 Å². The zero-order valence-corrected chi connectivity index (χ0v) is 15.2. The molecule has 2 saturated heterocycles. The van der Waals surface area contributed by atoms with Gasteiger partial charge in [-0.25, -0.2) is 0 Å². The second-order valence-electron chi connectivity index (χ2n) is 7.45. The lowest BCUT2D eigenvalue weighted by atomic mass is 9.71. The number of nitrogens with zero attached hydrogens (tertiary/aromatic N) is 4. The molecular weight excluding hydrogens is 304 g/mol. The van der Waals surface area contributed by atoms with Crippen LogP contribution in [0.1, 0.15) is 25.3 Å². The van der Waals surface area contributed by atoms with Gasteiger partial charge in [-0.1, -0.05) is 0 Å². The number of aliphatic hydroxyl groups is 1. The van der Waals surface area contributed by atoms with Gasteiger partial charge in [-0.2, -0.15) is 5.10 Å². The Labute approximate surface area is 145 Å². The van der Waals surface area contributed by atoms with E-state index in [2.05, 4.69) is 28.0 Å². The van der Waals surface area contributed by atoms with Crippen LogP contribution >= 0.6 is 0 Å². The molecule has 1 unspecified atom stereocenters. The number of methoxy groups -OCH3 is 1. The Morgan fingerprint density at radius 2 is 2.12 bits per heavy atom.